The van der Waals surface area contributed by atoms with Crippen molar-refractivity contribution in [3.8, 4) is 17.1 Å². The van der Waals surface area contributed by atoms with E-state index in [0.29, 0.717) is 0 Å². The fourth-order valence-electron chi connectivity index (χ4n) is 5.79. The molecule has 0 N–H and O–H groups in total. The van der Waals surface area contributed by atoms with Crippen LogP contribution in [0, 0.1) is 0 Å². The third-order valence-electron chi connectivity index (χ3n) is 7.63. The summed E-state index contributed by atoms with van der Waals surface area (Å²) < 4.78 is 12.6. The predicted octanol–water partition coefficient (Wildman–Crippen LogP) is 7.89. The minimum Gasteiger partial charge on any atom is -0.464 e. The molecule has 0 aliphatic carbocycles. The van der Waals surface area contributed by atoms with Gasteiger partial charge in [0, 0.05) is 23.1 Å². The summed E-state index contributed by atoms with van der Waals surface area (Å²) in [5.41, 5.74) is 6.25. The summed E-state index contributed by atoms with van der Waals surface area (Å²) in [7, 11) is 0. The van der Waals surface area contributed by atoms with Crippen LogP contribution in [0.5, 0.6) is 5.75 Å². The molecule has 0 spiro atoms. The number of benzene rings is 5. The number of aromatic nitrogens is 1. The Kier molecular flexibility index (Phi) is 4.64. The summed E-state index contributed by atoms with van der Waals surface area (Å²) in [5.74, 6) is 1.67. The van der Waals surface area contributed by atoms with Gasteiger partial charge in [0.1, 0.15) is 11.3 Å². The van der Waals surface area contributed by atoms with Crippen LogP contribution in [-0.4, -0.2) is 15.9 Å². The number of fused-ring (bicyclic) bond motifs is 5. The maximum atomic E-state index is 6.63. The van der Waals surface area contributed by atoms with Crippen LogP contribution in [0.1, 0.15) is 35.4 Å². The van der Waals surface area contributed by atoms with Gasteiger partial charge in [-0.1, -0.05) is 102 Å². The molecule has 0 saturated heterocycles. The Morgan fingerprint density at radius 3 is 2.50 bits per heavy atom. The van der Waals surface area contributed by atoms with Crippen molar-refractivity contribution < 1.29 is 9.26 Å². The fourth-order valence-corrected chi connectivity index (χ4v) is 5.79. The molecule has 5 aromatic carbocycles. The van der Waals surface area contributed by atoms with Crippen molar-refractivity contribution in [2.45, 2.75) is 18.7 Å². The van der Waals surface area contributed by atoms with Gasteiger partial charge in [-0.25, -0.2) is 5.01 Å². The van der Waals surface area contributed by atoms with Crippen LogP contribution in [0.15, 0.2) is 125 Å². The summed E-state index contributed by atoms with van der Waals surface area (Å²) >= 11 is 0. The fraction of sp³-hybridized carbons (Fsp3) is 0.0909. The smallest absolute Gasteiger partial charge is 0.213 e. The molecule has 38 heavy (non-hydrogen) atoms. The number of ether oxygens (including phenoxy) is 1. The van der Waals surface area contributed by atoms with Crippen molar-refractivity contribution >= 4 is 27.4 Å². The highest BCUT2D eigenvalue weighted by Crippen LogP contribution is 2.48. The van der Waals surface area contributed by atoms with E-state index in [1.807, 2.05) is 18.2 Å². The lowest BCUT2D eigenvalue weighted by Gasteiger charge is -2.38. The van der Waals surface area contributed by atoms with Crippen LogP contribution in [0.2, 0.25) is 0 Å². The molecule has 2 aliphatic heterocycles. The first-order valence-electron chi connectivity index (χ1n) is 12.9. The average molecular weight is 494 g/mol. The second-order valence-corrected chi connectivity index (χ2v) is 9.84. The molecule has 5 nitrogen and oxygen atoms in total. The molecule has 0 bridgehead atoms. The highest BCUT2D eigenvalue weighted by atomic mass is 16.5. The van der Waals surface area contributed by atoms with Crippen molar-refractivity contribution in [1.29, 1.82) is 0 Å². The lowest BCUT2D eigenvalue weighted by molar-refractivity contribution is -0.0189. The summed E-state index contributed by atoms with van der Waals surface area (Å²) in [5, 5.41) is 14.9. The largest absolute Gasteiger partial charge is 0.464 e. The van der Waals surface area contributed by atoms with E-state index in [1.54, 1.807) is 0 Å². The van der Waals surface area contributed by atoms with Gasteiger partial charge in [-0.05, 0) is 34.5 Å². The summed E-state index contributed by atoms with van der Waals surface area (Å²) in [6.07, 6.45) is 0.466. The van der Waals surface area contributed by atoms with Crippen molar-refractivity contribution in [1.82, 2.24) is 10.2 Å². The first-order chi connectivity index (χ1) is 18.8. The second-order valence-electron chi connectivity index (χ2n) is 9.84. The van der Waals surface area contributed by atoms with Gasteiger partial charge in [0.15, 0.2) is 5.76 Å². The average Bonchev–Trinajstić information content (AvgIpc) is 3.62. The molecule has 0 fully saturated rings. The molecule has 1 aromatic heterocycles. The standard InChI is InChI=1S/C33H23N3O2/c1-2-10-22(11-3-1)29-20-30-26-14-6-7-16-31(26)37-33(36(30)34-29)23-17-18-28-27(19-23)32(38-35-28)25-15-8-12-21-9-4-5-13-24(21)25/h1-19,30,33H,20H2. The summed E-state index contributed by atoms with van der Waals surface area (Å²) in [6, 6.07) is 39.7. The Morgan fingerprint density at radius 1 is 0.737 bits per heavy atom. The SMILES string of the molecule is c1ccc(C2=NN3C(C2)c2ccccc2OC3c2ccc3noc(-c4cccc5ccccc45)c3c2)cc1. The van der Waals surface area contributed by atoms with E-state index in [0.717, 1.165) is 56.6 Å². The Hall–Kier alpha value is -4.90. The number of hydrogen-bond donors (Lipinski definition) is 0. The van der Waals surface area contributed by atoms with Gasteiger partial charge in [0.05, 0.1) is 17.1 Å². The van der Waals surface area contributed by atoms with E-state index in [-0.39, 0.29) is 12.3 Å². The van der Waals surface area contributed by atoms with Gasteiger partial charge in [-0.15, -0.1) is 0 Å². The molecule has 2 atom stereocenters. The van der Waals surface area contributed by atoms with E-state index >= 15 is 0 Å². The lowest BCUT2D eigenvalue weighted by atomic mass is 9.95. The van der Waals surface area contributed by atoms with E-state index in [9.17, 15) is 0 Å². The van der Waals surface area contributed by atoms with Gasteiger partial charge in [0.2, 0.25) is 6.23 Å². The zero-order valence-electron chi connectivity index (χ0n) is 20.5. The molecule has 6 aromatic rings. The predicted molar refractivity (Wildman–Crippen MR) is 149 cm³/mol. The molecule has 2 aliphatic rings. The van der Waals surface area contributed by atoms with Crippen molar-refractivity contribution in [3.63, 3.8) is 0 Å². The van der Waals surface area contributed by atoms with Crippen molar-refractivity contribution in [2.75, 3.05) is 0 Å². The third-order valence-corrected chi connectivity index (χ3v) is 7.63. The third kappa shape index (κ3) is 3.25. The molecule has 0 saturated carbocycles. The topological polar surface area (TPSA) is 50.9 Å². The lowest BCUT2D eigenvalue weighted by Crippen LogP contribution is -2.33. The van der Waals surface area contributed by atoms with Gasteiger partial charge >= 0.3 is 0 Å². The van der Waals surface area contributed by atoms with Crippen LogP contribution in [0.3, 0.4) is 0 Å². The molecule has 3 heterocycles. The van der Waals surface area contributed by atoms with Crippen LogP contribution >= 0.6 is 0 Å². The number of rotatable bonds is 3. The van der Waals surface area contributed by atoms with Gasteiger partial charge in [-0.3, -0.25) is 0 Å². The van der Waals surface area contributed by atoms with Crippen LogP contribution in [0.4, 0.5) is 0 Å². The molecule has 2 unspecified atom stereocenters. The first-order valence-corrected chi connectivity index (χ1v) is 12.9. The van der Waals surface area contributed by atoms with E-state index in [4.69, 9.17) is 14.4 Å². The summed E-state index contributed by atoms with van der Waals surface area (Å²) in [6.45, 7) is 0. The maximum absolute atomic E-state index is 6.63. The quantitative estimate of drug-likeness (QED) is 0.252. The van der Waals surface area contributed by atoms with E-state index in [2.05, 4.69) is 107 Å². The van der Waals surface area contributed by atoms with Gasteiger partial charge < -0.3 is 9.26 Å². The molecular weight excluding hydrogens is 470 g/mol. The zero-order valence-corrected chi connectivity index (χ0v) is 20.5. The van der Waals surface area contributed by atoms with E-state index in [1.165, 1.54) is 10.9 Å². The van der Waals surface area contributed by atoms with Crippen molar-refractivity contribution in [2.24, 2.45) is 5.10 Å². The van der Waals surface area contributed by atoms with Crippen LogP contribution < -0.4 is 4.74 Å². The Bertz CT molecular complexity index is 1850. The molecule has 0 radical (unpaired) electrons. The normalized spacial score (nSPS) is 18.2. The molecule has 5 heteroatoms. The van der Waals surface area contributed by atoms with E-state index < -0.39 is 0 Å². The second kappa shape index (κ2) is 8.32. The maximum Gasteiger partial charge on any atom is 0.213 e. The van der Waals surface area contributed by atoms with Crippen LogP contribution in [0.25, 0.3) is 33.0 Å². The van der Waals surface area contributed by atoms with Crippen LogP contribution in [-0.2, 0) is 0 Å². The molecule has 0 amide bonds. The minimum atomic E-state index is -0.365. The Balaban J connectivity index is 1.27. The van der Waals surface area contributed by atoms with Gasteiger partial charge in [0.25, 0.3) is 0 Å². The number of para-hydroxylation sites is 1. The first kappa shape index (κ1) is 21.2. The Labute approximate surface area is 219 Å². The summed E-state index contributed by atoms with van der Waals surface area (Å²) in [4.78, 5) is 0. The Morgan fingerprint density at radius 2 is 1.55 bits per heavy atom. The highest BCUT2D eigenvalue weighted by molar-refractivity contribution is 6.03. The van der Waals surface area contributed by atoms with Crippen molar-refractivity contribution in [3.05, 3.63) is 132 Å². The molecule has 182 valence electrons. The molecular formula is C33H23N3O2. The minimum absolute atomic E-state index is 0.107. The monoisotopic (exact) mass is 493 g/mol. The zero-order chi connectivity index (χ0) is 25.1. The van der Waals surface area contributed by atoms with Gasteiger partial charge in [-0.2, -0.15) is 5.10 Å². The number of hydrazone groups is 1. The number of hydrogen-bond acceptors (Lipinski definition) is 5. The number of nitrogens with zero attached hydrogens (tertiary/aromatic N) is 3. The highest BCUT2D eigenvalue weighted by Gasteiger charge is 2.41. The molecule has 8 rings (SSSR count).